The predicted octanol–water partition coefficient (Wildman–Crippen LogP) is 2.90. The summed E-state index contributed by atoms with van der Waals surface area (Å²) in [7, 11) is 0. The zero-order chi connectivity index (χ0) is 20.7. The van der Waals surface area contributed by atoms with E-state index in [0.717, 1.165) is 0 Å². The Balaban J connectivity index is 1.89. The van der Waals surface area contributed by atoms with Gasteiger partial charge in [0.1, 0.15) is 6.04 Å². The highest BCUT2D eigenvalue weighted by Crippen LogP contribution is 2.15. The van der Waals surface area contributed by atoms with E-state index in [1.165, 1.54) is 19.9 Å². The second-order valence-corrected chi connectivity index (χ2v) is 6.34. The molecule has 2 aromatic rings. The summed E-state index contributed by atoms with van der Waals surface area (Å²) >= 11 is 5.96. The highest BCUT2D eigenvalue weighted by molar-refractivity contribution is 6.33. The van der Waals surface area contributed by atoms with E-state index in [0.29, 0.717) is 11.3 Å². The average Bonchev–Trinajstić information content (AvgIpc) is 2.68. The van der Waals surface area contributed by atoms with Gasteiger partial charge in [-0.15, -0.1) is 0 Å². The van der Waals surface area contributed by atoms with E-state index in [2.05, 4.69) is 10.6 Å². The van der Waals surface area contributed by atoms with Gasteiger partial charge in [0, 0.05) is 5.69 Å². The number of hydrogen-bond donors (Lipinski definition) is 2. The Labute approximate surface area is 167 Å². The zero-order valence-corrected chi connectivity index (χ0v) is 16.0. The van der Waals surface area contributed by atoms with E-state index in [9.17, 15) is 14.4 Å². The number of nitrogens with zero attached hydrogens (tertiary/aromatic N) is 1. The van der Waals surface area contributed by atoms with Crippen molar-refractivity contribution < 1.29 is 19.1 Å². The Morgan fingerprint density at radius 1 is 1.07 bits per heavy atom. The van der Waals surface area contributed by atoms with E-state index in [1.54, 1.807) is 42.5 Å². The SMILES string of the molecule is C[C@H](NC(=O)c1ccccc1Cl)C(=O)O[C@H](C)C(=O)Nc1ccc(C#N)cc1. The maximum atomic E-state index is 12.2. The molecule has 0 bridgehead atoms. The van der Waals surface area contributed by atoms with Crippen LogP contribution in [0.15, 0.2) is 48.5 Å². The highest BCUT2D eigenvalue weighted by atomic mass is 35.5. The molecule has 0 unspecified atom stereocenters. The van der Waals surface area contributed by atoms with Crippen LogP contribution in [0.2, 0.25) is 5.02 Å². The van der Waals surface area contributed by atoms with Gasteiger partial charge in [0.25, 0.3) is 11.8 Å². The fraction of sp³-hybridized carbons (Fsp3) is 0.200. The summed E-state index contributed by atoms with van der Waals surface area (Å²) < 4.78 is 5.11. The van der Waals surface area contributed by atoms with Gasteiger partial charge in [0.2, 0.25) is 0 Å². The monoisotopic (exact) mass is 399 g/mol. The first-order chi connectivity index (χ1) is 13.3. The molecule has 2 atom stereocenters. The maximum absolute atomic E-state index is 12.2. The second kappa shape index (κ2) is 9.53. The van der Waals surface area contributed by atoms with Gasteiger partial charge in [0.05, 0.1) is 22.2 Å². The van der Waals surface area contributed by atoms with Crippen molar-refractivity contribution in [1.29, 1.82) is 5.26 Å². The van der Waals surface area contributed by atoms with Crippen molar-refractivity contribution >= 4 is 35.1 Å². The molecule has 2 N–H and O–H groups in total. The van der Waals surface area contributed by atoms with Crippen LogP contribution in [-0.4, -0.2) is 29.9 Å². The molecular formula is C20H18ClN3O4. The molecular weight excluding hydrogens is 382 g/mol. The number of carbonyl (C=O) groups excluding carboxylic acids is 3. The van der Waals surface area contributed by atoms with Crippen molar-refractivity contribution in [1.82, 2.24) is 5.32 Å². The summed E-state index contributed by atoms with van der Waals surface area (Å²) in [5.41, 5.74) is 1.16. The summed E-state index contributed by atoms with van der Waals surface area (Å²) in [5, 5.41) is 14.1. The predicted molar refractivity (Wildman–Crippen MR) is 104 cm³/mol. The van der Waals surface area contributed by atoms with Crippen LogP contribution in [0.4, 0.5) is 5.69 Å². The Bertz CT molecular complexity index is 922. The van der Waals surface area contributed by atoms with Crippen LogP contribution in [0.1, 0.15) is 29.8 Å². The van der Waals surface area contributed by atoms with E-state index >= 15 is 0 Å². The normalized spacial score (nSPS) is 12.2. The summed E-state index contributed by atoms with van der Waals surface area (Å²) in [6.45, 7) is 2.86. The molecule has 0 radical (unpaired) electrons. The van der Waals surface area contributed by atoms with Crippen LogP contribution < -0.4 is 10.6 Å². The molecule has 0 fully saturated rings. The van der Waals surface area contributed by atoms with Crippen LogP contribution >= 0.6 is 11.6 Å². The molecule has 7 nitrogen and oxygen atoms in total. The molecule has 0 aliphatic carbocycles. The average molecular weight is 400 g/mol. The Kier molecular flexibility index (Phi) is 7.13. The molecule has 2 aromatic carbocycles. The summed E-state index contributed by atoms with van der Waals surface area (Å²) in [6, 6.07) is 13.7. The largest absolute Gasteiger partial charge is 0.451 e. The molecule has 2 rings (SSSR count). The number of benzene rings is 2. The smallest absolute Gasteiger partial charge is 0.329 e. The summed E-state index contributed by atoms with van der Waals surface area (Å²) in [4.78, 5) is 36.5. The van der Waals surface area contributed by atoms with Gasteiger partial charge in [-0.25, -0.2) is 4.79 Å². The van der Waals surface area contributed by atoms with Crippen LogP contribution in [0, 0.1) is 11.3 Å². The minimum Gasteiger partial charge on any atom is -0.451 e. The summed E-state index contributed by atoms with van der Waals surface area (Å²) in [5.74, 6) is -1.82. The number of nitrogens with one attached hydrogen (secondary N) is 2. The third kappa shape index (κ3) is 5.56. The minimum atomic E-state index is -1.08. The van der Waals surface area contributed by atoms with E-state index in [-0.39, 0.29) is 10.6 Å². The maximum Gasteiger partial charge on any atom is 0.329 e. The number of anilines is 1. The van der Waals surface area contributed by atoms with E-state index < -0.39 is 29.9 Å². The first-order valence-electron chi connectivity index (χ1n) is 8.38. The van der Waals surface area contributed by atoms with Crippen molar-refractivity contribution in [2.45, 2.75) is 26.0 Å². The fourth-order valence-electron chi connectivity index (χ4n) is 2.18. The van der Waals surface area contributed by atoms with Gasteiger partial charge < -0.3 is 15.4 Å². The lowest BCUT2D eigenvalue weighted by atomic mass is 10.2. The van der Waals surface area contributed by atoms with Crippen molar-refractivity contribution in [3.8, 4) is 6.07 Å². The topological polar surface area (TPSA) is 108 Å². The number of carbonyl (C=O) groups is 3. The lowest BCUT2D eigenvalue weighted by Gasteiger charge is -2.18. The molecule has 0 heterocycles. The lowest BCUT2D eigenvalue weighted by molar-refractivity contribution is -0.154. The standard InChI is InChI=1S/C20H18ClN3O4/c1-12(23-19(26)16-5-3-4-6-17(16)21)20(27)28-13(2)18(25)24-15-9-7-14(11-22)8-10-15/h3-10,12-13H,1-2H3,(H,23,26)(H,24,25)/t12-,13+/m0/s1. The third-order valence-electron chi connectivity index (χ3n) is 3.76. The van der Waals surface area contributed by atoms with Crippen LogP contribution in [0.25, 0.3) is 0 Å². The molecule has 144 valence electrons. The first-order valence-corrected chi connectivity index (χ1v) is 8.76. The molecule has 0 aliphatic heterocycles. The fourth-order valence-corrected chi connectivity index (χ4v) is 2.40. The Hall–Kier alpha value is -3.37. The Morgan fingerprint density at radius 2 is 1.71 bits per heavy atom. The quantitative estimate of drug-likeness (QED) is 0.726. The number of ether oxygens (including phenoxy) is 1. The second-order valence-electron chi connectivity index (χ2n) is 5.93. The van der Waals surface area contributed by atoms with Gasteiger partial charge >= 0.3 is 5.97 Å². The van der Waals surface area contributed by atoms with Gasteiger partial charge in [-0.2, -0.15) is 5.26 Å². The molecule has 2 amide bonds. The molecule has 28 heavy (non-hydrogen) atoms. The van der Waals surface area contributed by atoms with Gasteiger partial charge in [-0.3, -0.25) is 9.59 Å². The van der Waals surface area contributed by atoms with Crippen LogP contribution in [0.3, 0.4) is 0 Å². The lowest BCUT2D eigenvalue weighted by Crippen LogP contribution is -2.42. The molecule has 0 saturated heterocycles. The van der Waals surface area contributed by atoms with Gasteiger partial charge in [-0.05, 0) is 50.2 Å². The number of esters is 1. The number of amides is 2. The van der Waals surface area contributed by atoms with Crippen LogP contribution in [-0.2, 0) is 14.3 Å². The van der Waals surface area contributed by atoms with Crippen molar-refractivity contribution in [2.24, 2.45) is 0 Å². The molecule has 0 aromatic heterocycles. The number of halogens is 1. The van der Waals surface area contributed by atoms with Crippen molar-refractivity contribution in [2.75, 3.05) is 5.32 Å². The first kappa shape index (κ1) is 20.9. The van der Waals surface area contributed by atoms with Crippen molar-refractivity contribution in [3.05, 3.63) is 64.7 Å². The minimum absolute atomic E-state index is 0.232. The molecule has 8 heteroatoms. The third-order valence-corrected chi connectivity index (χ3v) is 4.09. The van der Waals surface area contributed by atoms with Gasteiger partial charge in [-0.1, -0.05) is 23.7 Å². The highest BCUT2D eigenvalue weighted by Gasteiger charge is 2.24. The molecule has 0 spiro atoms. The molecule has 0 saturated carbocycles. The van der Waals surface area contributed by atoms with E-state index in [4.69, 9.17) is 21.6 Å². The number of hydrogen-bond acceptors (Lipinski definition) is 5. The van der Waals surface area contributed by atoms with E-state index in [1.807, 2.05) is 6.07 Å². The zero-order valence-electron chi connectivity index (χ0n) is 15.2. The van der Waals surface area contributed by atoms with Gasteiger partial charge in [0.15, 0.2) is 6.10 Å². The number of nitriles is 1. The van der Waals surface area contributed by atoms with Crippen molar-refractivity contribution in [3.63, 3.8) is 0 Å². The van der Waals surface area contributed by atoms with Crippen LogP contribution in [0.5, 0.6) is 0 Å². The summed E-state index contributed by atoms with van der Waals surface area (Å²) in [6.07, 6.45) is -1.08. The molecule has 0 aliphatic rings. The Morgan fingerprint density at radius 3 is 2.32 bits per heavy atom. The number of rotatable bonds is 6.